The first-order valence-corrected chi connectivity index (χ1v) is 13.9. The largest absolute Gasteiger partial charge is 0.493 e. The van der Waals surface area contributed by atoms with Gasteiger partial charge in [-0.3, -0.25) is 19.7 Å². The molecule has 0 fully saturated rings. The summed E-state index contributed by atoms with van der Waals surface area (Å²) >= 11 is 2.71. The molecule has 40 heavy (non-hydrogen) atoms. The van der Waals surface area contributed by atoms with Crippen LogP contribution in [0.25, 0.3) is 11.3 Å². The van der Waals surface area contributed by atoms with E-state index in [-0.39, 0.29) is 11.6 Å². The van der Waals surface area contributed by atoms with E-state index in [2.05, 4.69) is 15.6 Å². The van der Waals surface area contributed by atoms with Gasteiger partial charge in [0.15, 0.2) is 16.6 Å². The number of thiazole rings is 1. The zero-order valence-electron chi connectivity index (χ0n) is 21.9. The smallest absolute Gasteiger partial charge is 0.269 e. The summed E-state index contributed by atoms with van der Waals surface area (Å²) in [7, 11) is 3.14. The lowest BCUT2D eigenvalue weighted by Gasteiger charge is -2.14. The number of hydrogen-bond acceptors (Lipinski definition) is 9. The van der Waals surface area contributed by atoms with Crippen LogP contribution in [0.3, 0.4) is 0 Å². The summed E-state index contributed by atoms with van der Waals surface area (Å²) in [6, 6.07) is 18.0. The van der Waals surface area contributed by atoms with Gasteiger partial charge in [0.2, 0.25) is 5.91 Å². The number of carbonyl (C=O) groups is 2. The zero-order chi connectivity index (χ0) is 28.6. The SMILES string of the molecule is CCC(Sc1cccc(NC(=O)c2ccc([N+](=O)[O-])cc2)c1)C(=O)Nc1nc(-c2ccc(OC)c(OC)c2)cs1. The van der Waals surface area contributed by atoms with E-state index in [0.717, 1.165) is 10.5 Å². The molecule has 12 heteroatoms. The van der Waals surface area contributed by atoms with Gasteiger partial charge in [0.05, 0.1) is 30.1 Å². The Kier molecular flexibility index (Phi) is 9.35. The number of aromatic nitrogens is 1. The number of methoxy groups -OCH3 is 2. The molecule has 0 bridgehead atoms. The zero-order valence-corrected chi connectivity index (χ0v) is 23.5. The molecule has 0 aliphatic heterocycles. The van der Waals surface area contributed by atoms with Crippen LogP contribution in [0.4, 0.5) is 16.5 Å². The molecule has 1 aromatic heterocycles. The Morgan fingerprint density at radius 1 is 1.02 bits per heavy atom. The standard InChI is InChI=1S/C28H26N4O6S2/c1-4-25(27(34)31-28-30-22(16-39-28)18-10-13-23(37-2)24(14-18)38-3)40-21-7-5-6-19(15-21)29-26(33)17-8-11-20(12-9-17)32(35)36/h5-16,25H,4H2,1-3H3,(H,29,33)(H,30,31,34). The van der Waals surface area contributed by atoms with Gasteiger partial charge in [0.1, 0.15) is 0 Å². The van der Waals surface area contributed by atoms with Gasteiger partial charge < -0.3 is 20.1 Å². The number of nitro groups is 1. The van der Waals surface area contributed by atoms with Gasteiger partial charge >= 0.3 is 0 Å². The summed E-state index contributed by atoms with van der Waals surface area (Å²) in [6.07, 6.45) is 0.573. The predicted molar refractivity (Wildman–Crippen MR) is 157 cm³/mol. The average molecular weight is 579 g/mol. The van der Waals surface area contributed by atoms with Crippen molar-refractivity contribution in [2.45, 2.75) is 23.5 Å². The molecule has 3 aromatic carbocycles. The summed E-state index contributed by atoms with van der Waals surface area (Å²) < 4.78 is 10.7. The first-order chi connectivity index (χ1) is 19.3. The summed E-state index contributed by atoms with van der Waals surface area (Å²) in [5.74, 6) is 0.636. The van der Waals surface area contributed by atoms with E-state index in [1.807, 2.05) is 30.5 Å². The van der Waals surface area contributed by atoms with Crippen molar-refractivity contribution in [3.8, 4) is 22.8 Å². The quantitative estimate of drug-likeness (QED) is 0.117. The second-order valence-corrected chi connectivity index (χ2v) is 10.5. The number of hydrogen-bond donors (Lipinski definition) is 2. The summed E-state index contributed by atoms with van der Waals surface area (Å²) in [5.41, 5.74) is 2.30. The molecule has 1 unspecified atom stereocenters. The maximum absolute atomic E-state index is 13.1. The Hall–Kier alpha value is -4.42. The Morgan fingerprint density at radius 2 is 1.77 bits per heavy atom. The Labute approximate surface area is 238 Å². The van der Waals surface area contributed by atoms with Crippen LogP contribution in [-0.2, 0) is 4.79 Å². The van der Waals surface area contributed by atoms with Crippen LogP contribution < -0.4 is 20.1 Å². The normalized spacial score (nSPS) is 11.4. The monoisotopic (exact) mass is 578 g/mol. The summed E-state index contributed by atoms with van der Waals surface area (Å²) in [5, 5.41) is 18.5. The molecule has 0 radical (unpaired) electrons. The third kappa shape index (κ3) is 6.96. The third-order valence-corrected chi connectivity index (χ3v) is 7.90. The van der Waals surface area contributed by atoms with Crippen LogP contribution in [0.2, 0.25) is 0 Å². The molecule has 2 amide bonds. The van der Waals surface area contributed by atoms with E-state index >= 15 is 0 Å². The Balaban J connectivity index is 1.39. The maximum atomic E-state index is 13.1. The molecule has 0 saturated heterocycles. The Morgan fingerprint density at radius 3 is 2.45 bits per heavy atom. The van der Waals surface area contributed by atoms with E-state index in [9.17, 15) is 19.7 Å². The van der Waals surface area contributed by atoms with Crippen LogP contribution in [0.15, 0.2) is 77.0 Å². The van der Waals surface area contributed by atoms with Gasteiger partial charge in [-0.05, 0) is 55.0 Å². The highest BCUT2D eigenvalue weighted by atomic mass is 32.2. The first-order valence-electron chi connectivity index (χ1n) is 12.1. The fourth-order valence-electron chi connectivity index (χ4n) is 3.72. The minimum absolute atomic E-state index is 0.0891. The first kappa shape index (κ1) is 28.6. The summed E-state index contributed by atoms with van der Waals surface area (Å²) in [6.45, 7) is 1.92. The number of rotatable bonds is 11. The number of amides is 2. The fourth-order valence-corrected chi connectivity index (χ4v) is 5.45. The lowest BCUT2D eigenvalue weighted by molar-refractivity contribution is -0.384. The molecule has 1 atom stereocenters. The minimum atomic E-state index is -0.519. The lowest BCUT2D eigenvalue weighted by atomic mass is 10.1. The van der Waals surface area contributed by atoms with Crippen LogP contribution in [0.5, 0.6) is 11.5 Å². The van der Waals surface area contributed by atoms with Crippen molar-refractivity contribution in [3.05, 3.63) is 87.8 Å². The Bertz CT molecular complexity index is 1520. The highest BCUT2D eigenvalue weighted by Gasteiger charge is 2.20. The number of nitro benzene ring substituents is 1. The van der Waals surface area contributed by atoms with Gasteiger partial charge in [-0.1, -0.05) is 13.0 Å². The number of anilines is 2. The van der Waals surface area contributed by atoms with E-state index in [1.54, 1.807) is 38.5 Å². The molecule has 4 rings (SSSR count). The molecule has 10 nitrogen and oxygen atoms in total. The van der Waals surface area contributed by atoms with Crippen LogP contribution in [0, 0.1) is 10.1 Å². The number of thioether (sulfide) groups is 1. The van der Waals surface area contributed by atoms with Gasteiger partial charge in [-0.2, -0.15) is 0 Å². The van der Waals surface area contributed by atoms with Gasteiger partial charge in [0, 0.05) is 39.2 Å². The number of carbonyl (C=O) groups excluding carboxylic acids is 2. The second-order valence-electron chi connectivity index (χ2n) is 8.40. The molecule has 0 aliphatic rings. The number of ether oxygens (including phenoxy) is 2. The van der Waals surface area contributed by atoms with Crippen molar-refractivity contribution in [3.63, 3.8) is 0 Å². The summed E-state index contributed by atoms with van der Waals surface area (Å²) in [4.78, 5) is 41.4. The molecule has 0 saturated carbocycles. The minimum Gasteiger partial charge on any atom is -0.493 e. The van der Waals surface area contributed by atoms with Crippen molar-refractivity contribution in [2.75, 3.05) is 24.9 Å². The molecule has 206 valence electrons. The highest BCUT2D eigenvalue weighted by Crippen LogP contribution is 2.34. The fraction of sp³-hybridized carbons (Fsp3) is 0.179. The topological polar surface area (TPSA) is 133 Å². The average Bonchev–Trinajstić information content (AvgIpc) is 3.44. The molecule has 2 N–H and O–H groups in total. The van der Waals surface area contributed by atoms with Crippen LogP contribution in [-0.4, -0.2) is 41.2 Å². The maximum Gasteiger partial charge on any atom is 0.269 e. The molecular weight excluding hydrogens is 552 g/mol. The molecule has 4 aromatic rings. The van der Waals surface area contributed by atoms with E-state index in [0.29, 0.717) is 40.0 Å². The molecule has 0 aliphatic carbocycles. The molecule has 1 heterocycles. The van der Waals surface area contributed by atoms with Gasteiger partial charge in [-0.15, -0.1) is 23.1 Å². The molecule has 0 spiro atoms. The van der Waals surface area contributed by atoms with Gasteiger partial charge in [0.25, 0.3) is 11.6 Å². The van der Waals surface area contributed by atoms with Crippen LogP contribution >= 0.6 is 23.1 Å². The number of non-ortho nitro benzene ring substituents is 1. The van der Waals surface area contributed by atoms with Crippen molar-refractivity contribution in [1.29, 1.82) is 0 Å². The molecular formula is C28H26N4O6S2. The third-order valence-electron chi connectivity index (χ3n) is 5.79. The predicted octanol–water partition coefficient (Wildman–Crippen LogP) is 6.50. The van der Waals surface area contributed by atoms with E-state index in [4.69, 9.17) is 9.47 Å². The van der Waals surface area contributed by atoms with Crippen molar-refractivity contribution >= 4 is 51.4 Å². The number of nitrogens with one attached hydrogen (secondary N) is 2. The van der Waals surface area contributed by atoms with Crippen LogP contribution in [0.1, 0.15) is 23.7 Å². The van der Waals surface area contributed by atoms with E-state index in [1.165, 1.54) is 47.4 Å². The van der Waals surface area contributed by atoms with Crippen molar-refractivity contribution in [2.24, 2.45) is 0 Å². The van der Waals surface area contributed by atoms with Gasteiger partial charge in [-0.25, -0.2) is 4.98 Å². The number of benzene rings is 3. The highest BCUT2D eigenvalue weighted by molar-refractivity contribution is 8.00. The lowest BCUT2D eigenvalue weighted by Crippen LogP contribution is -2.24. The van der Waals surface area contributed by atoms with Crippen molar-refractivity contribution in [1.82, 2.24) is 4.98 Å². The number of nitrogens with zero attached hydrogens (tertiary/aromatic N) is 2. The van der Waals surface area contributed by atoms with E-state index < -0.39 is 16.1 Å². The second kappa shape index (κ2) is 13.1. The van der Waals surface area contributed by atoms with Crippen molar-refractivity contribution < 1.29 is 24.0 Å².